The molecule has 0 bridgehead atoms. The summed E-state index contributed by atoms with van der Waals surface area (Å²) in [6.07, 6.45) is 10.2. The highest BCUT2D eigenvalue weighted by Gasteiger charge is 2.61. The molecule has 0 amide bonds. The number of carbonyl (C=O) groups excluding carboxylic acids is 1. The Bertz CT molecular complexity index is 835. The van der Waals surface area contributed by atoms with Crippen molar-refractivity contribution in [3.05, 3.63) is 5.82 Å². The average molecular weight is 415 g/mol. The topological polar surface area (TPSA) is 80.9 Å². The van der Waals surface area contributed by atoms with Crippen molar-refractivity contribution in [2.24, 2.45) is 40.4 Å². The van der Waals surface area contributed by atoms with Crippen LogP contribution in [0.25, 0.3) is 0 Å². The van der Waals surface area contributed by atoms with Gasteiger partial charge < -0.3 is 5.11 Å². The summed E-state index contributed by atoms with van der Waals surface area (Å²) >= 11 is 0. The average Bonchev–Trinajstić information content (AvgIpc) is 3.24. The Balaban J connectivity index is 1.34. The van der Waals surface area contributed by atoms with Gasteiger partial charge in [-0.25, -0.2) is 0 Å². The summed E-state index contributed by atoms with van der Waals surface area (Å²) in [6, 6.07) is 0. The molecule has 5 rings (SSSR count). The number of hydrogen-bond donors (Lipinski definition) is 1. The summed E-state index contributed by atoms with van der Waals surface area (Å²) in [7, 11) is 0. The van der Waals surface area contributed by atoms with E-state index < -0.39 is 5.60 Å². The normalized spacial score (nSPS) is 48.0. The quantitative estimate of drug-likeness (QED) is 0.810. The number of aryl methyl sites for hydroxylation is 1. The standard InChI is InChI=1S/C24H38N4O2/c1-15-25-27-28(26-15)14-21(29)20-8-7-18-17-6-5-16-13-22(2,30)11-12-23(16,3)19(17)9-10-24(18,20)4/h16-20,30H,5-14H2,1-4H3/t16-,17-,18-,19-,20-,22+,23-,24-/m0/s1. The molecule has 30 heavy (non-hydrogen) atoms. The highest BCUT2D eigenvalue weighted by Crippen LogP contribution is 2.68. The molecule has 4 fully saturated rings. The SMILES string of the molecule is Cc1nnn(CC(=O)[C@@H]2CC[C@H]3[C@@H]4CC[C@H]5C[C@](C)(O)CC[C@]5(C)[C@H]4CC[C@]23C)n1. The molecule has 8 atom stereocenters. The van der Waals surface area contributed by atoms with Crippen LogP contribution < -0.4 is 0 Å². The van der Waals surface area contributed by atoms with Crippen LogP contribution in [0.3, 0.4) is 0 Å². The number of nitrogens with zero attached hydrogens (tertiary/aromatic N) is 4. The number of carbonyl (C=O) groups is 1. The lowest BCUT2D eigenvalue weighted by atomic mass is 9.44. The van der Waals surface area contributed by atoms with Gasteiger partial charge in [-0.15, -0.1) is 10.2 Å². The number of ketones is 1. The Morgan fingerprint density at radius 3 is 2.53 bits per heavy atom. The molecule has 0 saturated heterocycles. The number of tetrazole rings is 1. The Morgan fingerprint density at radius 2 is 1.80 bits per heavy atom. The van der Waals surface area contributed by atoms with Crippen LogP contribution in [0.2, 0.25) is 0 Å². The van der Waals surface area contributed by atoms with Crippen molar-refractivity contribution in [2.45, 2.75) is 97.6 Å². The van der Waals surface area contributed by atoms with E-state index in [0.717, 1.165) is 43.9 Å². The van der Waals surface area contributed by atoms with E-state index in [4.69, 9.17) is 0 Å². The molecule has 0 radical (unpaired) electrons. The van der Waals surface area contributed by atoms with Gasteiger partial charge in [0.1, 0.15) is 6.54 Å². The molecule has 4 aliphatic carbocycles. The van der Waals surface area contributed by atoms with Crippen molar-refractivity contribution in [1.82, 2.24) is 20.2 Å². The maximum Gasteiger partial charge on any atom is 0.171 e. The number of Topliss-reactive ketones (excluding diaryl/α,β-unsaturated/α-hetero) is 1. The van der Waals surface area contributed by atoms with E-state index in [1.165, 1.54) is 30.5 Å². The van der Waals surface area contributed by atoms with Crippen molar-refractivity contribution in [2.75, 3.05) is 0 Å². The van der Waals surface area contributed by atoms with E-state index in [1.54, 1.807) is 0 Å². The molecule has 0 aromatic carbocycles. The van der Waals surface area contributed by atoms with Crippen molar-refractivity contribution in [1.29, 1.82) is 0 Å². The number of hydrogen-bond acceptors (Lipinski definition) is 5. The molecule has 0 aliphatic heterocycles. The monoisotopic (exact) mass is 414 g/mol. The number of rotatable bonds is 3. The predicted octanol–water partition coefficient (Wildman–Crippen LogP) is 3.96. The highest BCUT2D eigenvalue weighted by molar-refractivity contribution is 5.81. The van der Waals surface area contributed by atoms with Gasteiger partial charge in [-0.2, -0.15) is 4.80 Å². The van der Waals surface area contributed by atoms with Crippen molar-refractivity contribution >= 4 is 5.78 Å². The van der Waals surface area contributed by atoms with Gasteiger partial charge in [0.2, 0.25) is 0 Å². The Labute approximate surface area is 180 Å². The first-order valence-corrected chi connectivity index (χ1v) is 12.1. The van der Waals surface area contributed by atoms with Gasteiger partial charge in [-0.1, -0.05) is 13.8 Å². The second-order valence-corrected chi connectivity index (χ2v) is 11.9. The van der Waals surface area contributed by atoms with Gasteiger partial charge in [0.25, 0.3) is 0 Å². The molecule has 4 saturated carbocycles. The zero-order valence-corrected chi connectivity index (χ0v) is 19.1. The van der Waals surface area contributed by atoms with Crippen molar-refractivity contribution < 1.29 is 9.90 Å². The highest BCUT2D eigenvalue weighted by atomic mass is 16.3. The van der Waals surface area contributed by atoms with E-state index in [1.807, 2.05) is 13.8 Å². The van der Waals surface area contributed by atoms with Gasteiger partial charge in [-0.3, -0.25) is 4.79 Å². The van der Waals surface area contributed by atoms with Crippen LogP contribution in [0.15, 0.2) is 0 Å². The summed E-state index contributed by atoms with van der Waals surface area (Å²) < 4.78 is 0. The zero-order chi connectivity index (χ0) is 21.3. The number of aromatic nitrogens is 4. The lowest BCUT2D eigenvalue weighted by Gasteiger charge is -2.61. The second kappa shape index (κ2) is 6.85. The van der Waals surface area contributed by atoms with Crippen molar-refractivity contribution in [3.63, 3.8) is 0 Å². The Morgan fingerprint density at radius 1 is 1.03 bits per heavy atom. The molecule has 4 aliphatic rings. The molecule has 0 unspecified atom stereocenters. The minimum Gasteiger partial charge on any atom is -0.390 e. The lowest BCUT2D eigenvalue weighted by Crippen LogP contribution is -2.55. The summed E-state index contributed by atoms with van der Waals surface area (Å²) in [4.78, 5) is 14.7. The molecule has 1 aromatic rings. The first-order chi connectivity index (χ1) is 14.1. The van der Waals surface area contributed by atoms with Crippen LogP contribution in [0.1, 0.15) is 84.4 Å². The van der Waals surface area contributed by atoms with Crippen molar-refractivity contribution in [3.8, 4) is 0 Å². The predicted molar refractivity (Wildman–Crippen MR) is 113 cm³/mol. The second-order valence-electron chi connectivity index (χ2n) is 11.9. The first-order valence-electron chi connectivity index (χ1n) is 12.1. The molecule has 1 aromatic heterocycles. The maximum absolute atomic E-state index is 13.3. The first kappa shape index (κ1) is 20.6. The molecular formula is C24H38N4O2. The maximum atomic E-state index is 13.3. The Kier molecular flexibility index (Phi) is 4.70. The van der Waals surface area contributed by atoms with Crippen LogP contribution in [0.5, 0.6) is 0 Å². The Hall–Kier alpha value is -1.30. The molecule has 0 spiro atoms. The van der Waals surface area contributed by atoms with Gasteiger partial charge in [0, 0.05) is 5.92 Å². The third-order valence-corrected chi connectivity index (χ3v) is 10.2. The number of aliphatic hydroxyl groups is 1. The van der Waals surface area contributed by atoms with Crippen LogP contribution in [0, 0.1) is 47.3 Å². The summed E-state index contributed by atoms with van der Waals surface area (Å²) in [5.41, 5.74) is 0.0206. The van der Waals surface area contributed by atoms with E-state index in [9.17, 15) is 9.90 Å². The fourth-order valence-corrected chi connectivity index (χ4v) is 8.60. The van der Waals surface area contributed by atoms with Crippen LogP contribution in [0.4, 0.5) is 0 Å². The van der Waals surface area contributed by atoms with E-state index in [-0.39, 0.29) is 17.9 Å². The lowest BCUT2D eigenvalue weighted by molar-refractivity contribution is -0.151. The molecule has 6 heteroatoms. The van der Waals surface area contributed by atoms with Gasteiger partial charge in [0.05, 0.1) is 5.60 Å². The fraction of sp³-hybridized carbons (Fsp3) is 0.917. The summed E-state index contributed by atoms with van der Waals surface area (Å²) in [6.45, 7) is 9.04. The minimum absolute atomic E-state index is 0.122. The number of fused-ring (bicyclic) bond motifs is 5. The minimum atomic E-state index is -0.473. The van der Waals surface area contributed by atoms with E-state index >= 15 is 0 Å². The van der Waals surface area contributed by atoms with E-state index in [2.05, 4.69) is 29.3 Å². The molecule has 1 heterocycles. The largest absolute Gasteiger partial charge is 0.390 e. The third-order valence-electron chi connectivity index (χ3n) is 10.2. The smallest absolute Gasteiger partial charge is 0.171 e. The van der Waals surface area contributed by atoms with Crippen LogP contribution in [-0.4, -0.2) is 36.7 Å². The van der Waals surface area contributed by atoms with Gasteiger partial charge >= 0.3 is 0 Å². The third kappa shape index (κ3) is 3.08. The fourth-order valence-electron chi connectivity index (χ4n) is 8.60. The van der Waals surface area contributed by atoms with Crippen LogP contribution >= 0.6 is 0 Å². The summed E-state index contributed by atoms with van der Waals surface area (Å²) in [5.74, 6) is 3.88. The van der Waals surface area contributed by atoms with Crippen LogP contribution in [-0.2, 0) is 11.3 Å². The molecule has 1 N–H and O–H groups in total. The zero-order valence-electron chi connectivity index (χ0n) is 19.1. The van der Waals surface area contributed by atoms with Gasteiger partial charge in [-0.05, 0) is 111 Å². The molecular weight excluding hydrogens is 376 g/mol. The summed E-state index contributed by atoms with van der Waals surface area (Å²) in [5, 5.41) is 22.8. The van der Waals surface area contributed by atoms with E-state index in [0.29, 0.717) is 28.9 Å². The molecule has 166 valence electrons. The van der Waals surface area contributed by atoms with Gasteiger partial charge in [0.15, 0.2) is 11.6 Å². The molecule has 6 nitrogen and oxygen atoms in total.